The summed E-state index contributed by atoms with van der Waals surface area (Å²) in [7, 11) is -2.97. The Kier molecular flexibility index (Phi) is 4.99. The van der Waals surface area contributed by atoms with Crippen LogP contribution in [-0.2, 0) is 16.3 Å². The number of amides is 2. The van der Waals surface area contributed by atoms with Crippen LogP contribution in [0.3, 0.4) is 0 Å². The molecule has 0 bridgehead atoms. The van der Waals surface area contributed by atoms with Crippen LogP contribution in [0.5, 0.6) is 0 Å². The highest BCUT2D eigenvalue weighted by Crippen LogP contribution is 2.22. The lowest BCUT2D eigenvalue weighted by atomic mass is 10.1. The number of rotatable bonds is 3. The van der Waals surface area contributed by atoms with E-state index in [1.807, 2.05) is 6.07 Å². The van der Waals surface area contributed by atoms with Crippen molar-refractivity contribution in [3.63, 3.8) is 0 Å². The summed E-state index contributed by atoms with van der Waals surface area (Å²) in [5.41, 5.74) is 2.58. The van der Waals surface area contributed by atoms with Crippen molar-refractivity contribution in [2.45, 2.75) is 25.8 Å². The predicted molar refractivity (Wildman–Crippen MR) is 95.2 cm³/mol. The molecule has 1 atom stereocenters. The maximum atomic E-state index is 12.3. The Morgan fingerprint density at radius 2 is 1.92 bits per heavy atom. The van der Waals surface area contributed by atoms with Gasteiger partial charge in [-0.1, -0.05) is 25.1 Å². The van der Waals surface area contributed by atoms with Crippen molar-refractivity contribution in [1.82, 2.24) is 10.2 Å². The normalized spacial score (nSPS) is 23.3. The number of hydrogen-bond acceptors (Lipinski definition) is 4. The second-order valence-electron chi connectivity index (χ2n) is 6.51. The molecule has 3 rings (SSSR count). The van der Waals surface area contributed by atoms with E-state index in [1.165, 1.54) is 11.3 Å². The molecule has 0 saturated carbocycles. The second kappa shape index (κ2) is 7.01. The summed E-state index contributed by atoms with van der Waals surface area (Å²) in [6, 6.07) is 8.02. The Balaban J connectivity index is 1.54. The lowest BCUT2D eigenvalue weighted by Gasteiger charge is -2.37. The number of benzene rings is 1. The molecule has 2 fully saturated rings. The van der Waals surface area contributed by atoms with E-state index >= 15 is 0 Å². The molecule has 132 valence electrons. The Morgan fingerprint density at radius 3 is 2.54 bits per heavy atom. The molecule has 1 N–H and O–H groups in total. The zero-order chi connectivity index (χ0) is 17.2. The van der Waals surface area contributed by atoms with Crippen LogP contribution in [0, 0.1) is 0 Å². The lowest BCUT2D eigenvalue weighted by Crippen LogP contribution is -2.53. The number of carbonyl (C=O) groups is 1. The van der Waals surface area contributed by atoms with Gasteiger partial charge < -0.3 is 15.1 Å². The van der Waals surface area contributed by atoms with Crippen LogP contribution in [0.1, 0.15) is 18.9 Å². The number of aryl methyl sites for hydroxylation is 1. The predicted octanol–water partition coefficient (Wildman–Crippen LogP) is 1.27. The number of para-hydroxylation sites is 1. The topological polar surface area (TPSA) is 69.7 Å². The number of nitrogens with one attached hydrogen (secondary N) is 1. The van der Waals surface area contributed by atoms with E-state index in [1.54, 1.807) is 4.90 Å². The molecule has 6 nitrogen and oxygen atoms in total. The highest BCUT2D eigenvalue weighted by Gasteiger charge is 2.31. The van der Waals surface area contributed by atoms with Crippen LogP contribution in [0.25, 0.3) is 0 Å². The first-order valence-electron chi connectivity index (χ1n) is 8.57. The van der Waals surface area contributed by atoms with Crippen molar-refractivity contribution in [3.05, 3.63) is 29.8 Å². The fourth-order valence-electron chi connectivity index (χ4n) is 3.44. The van der Waals surface area contributed by atoms with Crippen molar-refractivity contribution in [3.8, 4) is 0 Å². The Labute approximate surface area is 143 Å². The summed E-state index contributed by atoms with van der Waals surface area (Å²) in [5.74, 6) is 0.252. The van der Waals surface area contributed by atoms with Gasteiger partial charge in [0.1, 0.15) is 0 Å². The molecule has 1 aromatic carbocycles. The number of hydrogen-bond donors (Lipinski definition) is 1. The molecule has 0 radical (unpaired) electrons. The van der Waals surface area contributed by atoms with Gasteiger partial charge in [0.15, 0.2) is 9.84 Å². The Bertz CT molecular complexity index is 697. The van der Waals surface area contributed by atoms with Crippen LogP contribution in [0.15, 0.2) is 24.3 Å². The summed E-state index contributed by atoms with van der Waals surface area (Å²) in [5, 5.41) is 2.87. The van der Waals surface area contributed by atoms with Crippen LogP contribution < -0.4 is 10.2 Å². The van der Waals surface area contributed by atoms with Crippen LogP contribution in [0.4, 0.5) is 10.5 Å². The maximum Gasteiger partial charge on any atom is 0.317 e. The van der Waals surface area contributed by atoms with Gasteiger partial charge in [0.05, 0.1) is 11.5 Å². The van der Waals surface area contributed by atoms with Crippen molar-refractivity contribution in [2.75, 3.05) is 42.6 Å². The minimum Gasteiger partial charge on any atom is -0.368 e. The minimum atomic E-state index is -2.97. The third-order valence-corrected chi connectivity index (χ3v) is 6.61. The van der Waals surface area contributed by atoms with Gasteiger partial charge >= 0.3 is 6.03 Å². The average molecular weight is 351 g/mol. The quantitative estimate of drug-likeness (QED) is 0.890. The Morgan fingerprint density at radius 1 is 1.21 bits per heavy atom. The third kappa shape index (κ3) is 3.83. The molecule has 0 aliphatic carbocycles. The molecule has 1 unspecified atom stereocenters. The first-order chi connectivity index (χ1) is 11.5. The smallest absolute Gasteiger partial charge is 0.317 e. The molecule has 2 aliphatic heterocycles. The van der Waals surface area contributed by atoms with Gasteiger partial charge in [-0.15, -0.1) is 0 Å². The minimum absolute atomic E-state index is 0.0720. The third-order valence-electron chi connectivity index (χ3n) is 4.84. The van der Waals surface area contributed by atoms with E-state index in [4.69, 9.17) is 0 Å². The van der Waals surface area contributed by atoms with Gasteiger partial charge in [0.25, 0.3) is 0 Å². The number of urea groups is 1. The van der Waals surface area contributed by atoms with Gasteiger partial charge in [-0.2, -0.15) is 0 Å². The molecular formula is C17H25N3O3S. The number of piperazine rings is 1. The fourth-order valence-corrected chi connectivity index (χ4v) is 5.12. The van der Waals surface area contributed by atoms with Crippen molar-refractivity contribution < 1.29 is 13.2 Å². The summed E-state index contributed by atoms with van der Waals surface area (Å²) in [4.78, 5) is 16.4. The largest absolute Gasteiger partial charge is 0.368 e. The van der Waals surface area contributed by atoms with E-state index in [-0.39, 0.29) is 23.6 Å². The van der Waals surface area contributed by atoms with Gasteiger partial charge in [0.2, 0.25) is 0 Å². The first-order valence-corrected chi connectivity index (χ1v) is 10.4. The van der Waals surface area contributed by atoms with Crippen molar-refractivity contribution in [1.29, 1.82) is 0 Å². The van der Waals surface area contributed by atoms with Gasteiger partial charge in [-0.05, 0) is 24.5 Å². The lowest BCUT2D eigenvalue weighted by molar-refractivity contribution is 0.191. The monoisotopic (exact) mass is 351 g/mol. The molecular weight excluding hydrogens is 326 g/mol. The van der Waals surface area contributed by atoms with Crippen LogP contribution in [-0.4, -0.2) is 63.1 Å². The molecule has 2 heterocycles. The SMILES string of the molecule is CCc1ccccc1N1CCN(C(=O)NC2CCS(=O)(=O)C2)CC1. The zero-order valence-electron chi connectivity index (χ0n) is 14.1. The second-order valence-corrected chi connectivity index (χ2v) is 8.73. The number of anilines is 1. The summed E-state index contributed by atoms with van der Waals surface area (Å²) >= 11 is 0. The number of nitrogens with zero attached hydrogens (tertiary/aromatic N) is 2. The summed E-state index contributed by atoms with van der Waals surface area (Å²) in [6.45, 7) is 5.06. The first kappa shape index (κ1) is 17.1. The maximum absolute atomic E-state index is 12.3. The molecule has 2 amide bonds. The molecule has 2 saturated heterocycles. The number of carbonyl (C=O) groups excluding carboxylic acids is 1. The average Bonchev–Trinajstić information content (AvgIpc) is 2.93. The van der Waals surface area contributed by atoms with E-state index < -0.39 is 9.84 Å². The van der Waals surface area contributed by atoms with Crippen LogP contribution in [0.2, 0.25) is 0 Å². The van der Waals surface area contributed by atoms with Crippen molar-refractivity contribution >= 4 is 21.6 Å². The summed E-state index contributed by atoms with van der Waals surface area (Å²) in [6.07, 6.45) is 1.52. The number of sulfone groups is 1. The molecule has 1 aromatic rings. The molecule has 0 spiro atoms. The van der Waals surface area contributed by atoms with E-state index in [0.29, 0.717) is 19.5 Å². The van der Waals surface area contributed by atoms with Gasteiger partial charge in [-0.3, -0.25) is 0 Å². The van der Waals surface area contributed by atoms with Gasteiger partial charge in [-0.25, -0.2) is 13.2 Å². The molecule has 2 aliphatic rings. The summed E-state index contributed by atoms with van der Waals surface area (Å²) < 4.78 is 23.0. The highest BCUT2D eigenvalue weighted by atomic mass is 32.2. The standard InChI is InChI=1S/C17H25N3O3S/c1-2-14-5-3-4-6-16(14)19-8-10-20(11-9-19)17(21)18-15-7-12-24(22,23)13-15/h3-6,15H,2,7-13H2,1H3,(H,18,21). The molecule has 0 aromatic heterocycles. The van der Waals surface area contributed by atoms with Gasteiger partial charge in [0, 0.05) is 37.9 Å². The van der Waals surface area contributed by atoms with Crippen LogP contribution >= 0.6 is 0 Å². The van der Waals surface area contributed by atoms with E-state index in [2.05, 4.69) is 35.3 Å². The zero-order valence-corrected chi connectivity index (χ0v) is 14.9. The molecule has 7 heteroatoms. The molecule has 24 heavy (non-hydrogen) atoms. The van der Waals surface area contributed by atoms with E-state index in [0.717, 1.165) is 19.5 Å². The Hall–Kier alpha value is -1.76. The highest BCUT2D eigenvalue weighted by molar-refractivity contribution is 7.91. The fraction of sp³-hybridized carbons (Fsp3) is 0.588. The van der Waals surface area contributed by atoms with Crippen molar-refractivity contribution in [2.24, 2.45) is 0 Å². The van der Waals surface area contributed by atoms with E-state index in [9.17, 15) is 13.2 Å².